The first-order chi connectivity index (χ1) is 23.1. The smallest absolute Gasteiger partial charge is 0.306 e. The third kappa shape index (κ3) is 7.99. The Morgan fingerprint density at radius 1 is 1.17 bits per heavy atom. The predicted octanol–water partition coefficient (Wildman–Crippen LogP) is 4.26. The Morgan fingerprint density at radius 2 is 1.92 bits per heavy atom. The molecule has 2 saturated carbocycles. The molecule has 10 nitrogen and oxygen atoms in total. The molecule has 10 heteroatoms. The molecule has 0 spiro atoms. The SMILES string of the molecule is CC[C@H]1CCCC[C@@H](C)C(=O)C2=CC3[C@@H](C(O)C(N/C=C(\N)c4cccc(C)c4)[C@@H]4C[C@@H](OC(O)[C@H](COC)OC)C[C@@H]34)[C@@H]2CC(=O)O1. The number of benzene rings is 1. The van der Waals surface area contributed by atoms with Crippen molar-refractivity contribution in [3.05, 3.63) is 53.2 Å². The molecule has 0 bridgehead atoms. The lowest BCUT2D eigenvalue weighted by Crippen LogP contribution is -2.56. The maximum absolute atomic E-state index is 14.0. The van der Waals surface area contributed by atoms with Crippen molar-refractivity contribution in [3.63, 3.8) is 0 Å². The van der Waals surface area contributed by atoms with E-state index in [1.165, 1.54) is 7.11 Å². The maximum atomic E-state index is 14.0. The van der Waals surface area contributed by atoms with Gasteiger partial charge in [0.2, 0.25) is 0 Å². The standard InChI is InChI=1S/C38H56N2O8/c1-6-24-13-8-7-11-22(3)36(42)30-17-27-26-15-25(48-38(44)32(46-5)20-45-4)16-29(26)35(37(43)34(27)28(30)18-33(41)47-24)40-19-31(39)23-12-9-10-21(2)14-23/h9-10,12,14,17,19,22,24-29,32,34-35,37-38,40,43-44H,6-8,11,13,15-16,18,20,39H2,1-5H3/b31-19-/t22-,24+,25+,26+,27?,28-,29-,32+,34-,35?,37?,38?/m1/s1. The van der Waals surface area contributed by atoms with E-state index in [0.29, 0.717) is 24.1 Å². The number of aliphatic hydroxyl groups is 2. The molecule has 1 heterocycles. The number of allylic oxidation sites excluding steroid dienone is 2. The van der Waals surface area contributed by atoms with Crippen LogP contribution in [0.4, 0.5) is 0 Å². The fraction of sp³-hybridized carbons (Fsp3) is 0.684. The molecule has 1 aromatic carbocycles. The monoisotopic (exact) mass is 668 g/mol. The molecule has 4 aliphatic rings. The number of cyclic esters (lactones) is 1. The van der Waals surface area contributed by atoms with Gasteiger partial charge in [0.25, 0.3) is 0 Å². The summed E-state index contributed by atoms with van der Waals surface area (Å²) in [5, 5.41) is 26.7. The van der Waals surface area contributed by atoms with E-state index in [-0.39, 0.29) is 66.6 Å². The van der Waals surface area contributed by atoms with Gasteiger partial charge in [-0.2, -0.15) is 0 Å². The molecule has 0 aromatic heterocycles. The third-order valence-electron chi connectivity index (χ3n) is 11.4. The lowest BCUT2D eigenvalue weighted by atomic mass is 9.62. The molecule has 266 valence electrons. The number of aliphatic hydroxyl groups excluding tert-OH is 2. The second kappa shape index (κ2) is 16.3. The first-order valence-corrected chi connectivity index (χ1v) is 17.8. The molecule has 3 aliphatic carbocycles. The van der Waals surface area contributed by atoms with Crippen LogP contribution in [0.2, 0.25) is 0 Å². The summed E-state index contributed by atoms with van der Waals surface area (Å²) in [6.45, 7) is 6.21. The summed E-state index contributed by atoms with van der Waals surface area (Å²) in [6, 6.07) is 7.50. The van der Waals surface area contributed by atoms with Gasteiger partial charge in [0, 0.05) is 38.2 Å². The van der Waals surface area contributed by atoms with E-state index >= 15 is 0 Å². The topological polar surface area (TPSA) is 150 Å². The van der Waals surface area contributed by atoms with E-state index in [4.69, 9.17) is 24.7 Å². The number of ether oxygens (including phenoxy) is 4. The number of nitrogens with two attached hydrogens (primary N) is 1. The number of esters is 1. The molecular formula is C38H56N2O8. The molecule has 3 fully saturated rings. The molecule has 0 amide bonds. The average molecular weight is 669 g/mol. The van der Waals surface area contributed by atoms with Crippen molar-refractivity contribution in [2.24, 2.45) is 41.2 Å². The van der Waals surface area contributed by atoms with Crippen molar-refractivity contribution in [1.29, 1.82) is 0 Å². The zero-order valence-corrected chi connectivity index (χ0v) is 29.2. The summed E-state index contributed by atoms with van der Waals surface area (Å²) in [7, 11) is 3.05. The Morgan fingerprint density at radius 3 is 2.62 bits per heavy atom. The molecule has 48 heavy (non-hydrogen) atoms. The highest BCUT2D eigenvalue weighted by atomic mass is 16.6. The van der Waals surface area contributed by atoms with Gasteiger partial charge in [-0.3, -0.25) is 9.59 Å². The fourth-order valence-electron chi connectivity index (χ4n) is 8.85. The van der Waals surface area contributed by atoms with Crippen LogP contribution in [-0.2, 0) is 28.5 Å². The van der Waals surface area contributed by atoms with Gasteiger partial charge in [0.15, 0.2) is 12.1 Å². The Labute approximate surface area is 285 Å². The summed E-state index contributed by atoms with van der Waals surface area (Å²) in [4.78, 5) is 27.5. The number of carbonyl (C=O) groups excluding carboxylic acids is 2. The normalized spacial score (nSPS) is 35.6. The second-order valence-electron chi connectivity index (χ2n) is 14.5. The summed E-state index contributed by atoms with van der Waals surface area (Å²) < 4.78 is 22.8. The predicted molar refractivity (Wildman–Crippen MR) is 182 cm³/mol. The number of ketones is 1. The van der Waals surface area contributed by atoms with E-state index < -0.39 is 30.5 Å². The molecule has 4 unspecified atom stereocenters. The minimum Gasteiger partial charge on any atom is -0.462 e. The van der Waals surface area contributed by atoms with Crippen molar-refractivity contribution < 1.29 is 38.7 Å². The van der Waals surface area contributed by atoms with Crippen molar-refractivity contribution in [2.45, 2.75) is 109 Å². The first-order valence-electron chi connectivity index (χ1n) is 17.8. The number of carbonyl (C=O) groups is 2. The van der Waals surface area contributed by atoms with Crippen molar-refractivity contribution in [1.82, 2.24) is 5.32 Å². The highest BCUT2D eigenvalue weighted by Gasteiger charge is 2.59. The minimum absolute atomic E-state index is 0.0308. The van der Waals surface area contributed by atoms with Gasteiger partial charge in [0.1, 0.15) is 12.2 Å². The van der Waals surface area contributed by atoms with Gasteiger partial charge in [-0.1, -0.05) is 50.1 Å². The maximum Gasteiger partial charge on any atom is 0.306 e. The van der Waals surface area contributed by atoms with Gasteiger partial charge in [-0.15, -0.1) is 0 Å². The van der Waals surface area contributed by atoms with E-state index in [2.05, 4.69) is 11.4 Å². The van der Waals surface area contributed by atoms with E-state index in [1.807, 2.05) is 45.0 Å². The minimum atomic E-state index is -1.19. The van der Waals surface area contributed by atoms with Crippen LogP contribution in [0.1, 0.15) is 76.3 Å². The quantitative estimate of drug-likeness (QED) is 0.211. The van der Waals surface area contributed by atoms with Crippen LogP contribution in [0, 0.1) is 42.4 Å². The number of hydrogen-bond donors (Lipinski definition) is 4. The largest absolute Gasteiger partial charge is 0.462 e. The van der Waals surface area contributed by atoms with Gasteiger partial charge in [-0.25, -0.2) is 0 Å². The Balaban J connectivity index is 1.48. The Hall–Kier alpha value is -2.76. The van der Waals surface area contributed by atoms with Crippen molar-refractivity contribution >= 4 is 17.4 Å². The van der Waals surface area contributed by atoms with Crippen LogP contribution in [0.5, 0.6) is 0 Å². The van der Waals surface area contributed by atoms with Gasteiger partial charge >= 0.3 is 5.97 Å². The van der Waals surface area contributed by atoms with Crippen LogP contribution in [0.15, 0.2) is 42.1 Å². The summed E-state index contributed by atoms with van der Waals surface area (Å²) >= 11 is 0. The number of fused-ring (bicyclic) bond motifs is 5. The zero-order chi connectivity index (χ0) is 34.5. The van der Waals surface area contributed by atoms with Gasteiger partial charge < -0.3 is 40.2 Å². The number of rotatable bonds is 10. The molecule has 1 aliphatic heterocycles. The van der Waals surface area contributed by atoms with E-state index in [9.17, 15) is 19.8 Å². The average Bonchev–Trinajstić information content (AvgIpc) is 3.65. The molecular weight excluding hydrogens is 612 g/mol. The van der Waals surface area contributed by atoms with Crippen LogP contribution < -0.4 is 11.1 Å². The van der Waals surface area contributed by atoms with Gasteiger partial charge in [0.05, 0.1) is 37.0 Å². The van der Waals surface area contributed by atoms with Crippen molar-refractivity contribution in [2.75, 3.05) is 20.8 Å². The highest BCUT2D eigenvalue weighted by Crippen LogP contribution is 2.57. The fourth-order valence-corrected chi connectivity index (χ4v) is 8.85. The van der Waals surface area contributed by atoms with Crippen molar-refractivity contribution in [3.8, 4) is 0 Å². The number of nitrogens with one attached hydrogen (secondary N) is 1. The summed E-state index contributed by atoms with van der Waals surface area (Å²) in [6.07, 6.45) is 6.03. The first kappa shape index (κ1) is 36.5. The second-order valence-corrected chi connectivity index (χ2v) is 14.5. The molecule has 12 atom stereocenters. The summed E-state index contributed by atoms with van der Waals surface area (Å²) in [5.41, 5.74) is 9.70. The third-order valence-corrected chi connectivity index (χ3v) is 11.4. The number of aryl methyl sites for hydroxylation is 1. The van der Waals surface area contributed by atoms with E-state index in [0.717, 1.165) is 43.2 Å². The van der Waals surface area contributed by atoms with Crippen LogP contribution in [-0.4, -0.2) is 79.5 Å². The molecule has 5 N–H and O–H groups in total. The van der Waals surface area contributed by atoms with Crippen LogP contribution in [0.3, 0.4) is 0 Å². The van der Waals surface area contributed by atoms with E-state index in [1.54, 1.807) is 13.3 Å². The number of hydrogen-bond acceptors (Lipinski definition) is 10. The van der Waals surface area contributed by atoms with Crippen LogP contribution >= 0.6 is 0 Å². The molecule has 5 rings (SSSR count). The van der Waals surface area contributed by atoms with Crippen LogP contribution in [0.25, 0.3) is 5.70 Å². The lowest BCUT2D eigenvalue weighted by molar-refractivity contribution is -0.204. The molecule has 1 aromatic rings. The van der Waals surface area contributed by atoms with Gasteiger partial charge in [-0.05, 0) is 80.4 Å². The molecule has 0 radical (unpaired) electrons. The Kier molecular flexibility index (Phi) is 12.4. The lowest BCUT2D eigenvalue weighted by Gasteiger charge is -2.47. The Bertz CT molecular complexity index is 1330. The highest BCUT2D eigenvalue weighted by molar-refractivity contribution is 5.98. The number of Topliss-reactive ketones (excluding diaryl/α,β-unsaturated/α-hetero) is 1. The summed E-state index contributed by atoms with van der Waals surface area (Å²) in [5.74, 6) is -1.42. The number of methoxy groups -OCH3 is 2. The molecule has 1 saturated heterocycles. The zero-order valence-electron chi connectivity index (χ0n) is 29.2.